The Kier molecular flexibility index (Phi) is 3.66. The van der Waals surface area contributed by atoms with Crippen molar-refractivity contribution in [1.29, 1.82) is 0 Å². The van der Waals surface area contributed by atoms with Crippen molar-refractivity contribution >= 4 is 33.0 Å². The van der Waals surface area contributed by atoms with Crippen molar-refractivity contribution in [2.45, 2.75) is 19.9 Å². The maximum atomic E-state index is 3.57. The summed E-state index contributed by atoms with van der Waals surface area (Å²) in [5, 5.41) is 5.61. The first-order valence-electron chi connectivity index (χ1n) is 5.23. The van der Waals surface area contributed by atoms with Crippen molar-refractivity contribution in [3.63, 3.8) is 0 Å². The number of aryl methyl sites for hydroxylation is 1. The largest absolute Gasteiger partial charge is 0.378 e. The van der Waals surface area contributed by atoms with Crippen LogP contribution in [0.3, 0.4) is 0 Å². The highest BCUT2D eigenvalue weighted by Crippen LogP contribution is 2.31. The molecule has 0 aliphatic heterocycles. The standard InChI is InChI=1S/C13H14BrNS/c1-9-4-3-5-11(8-9)15-10(2)13-12(14)6-7-16-13/h3-8,10,15H,1-2H3. The maximum absolute atomic E-state index is 3.57. The molecule has 0 spiro atoms. The third-order valence-corrected chi connectivity index (χ3v) is 4.49. The normalized spacial score (nSPS) is 12.4. The molecule has 0 fully saturated rings. The summed E-state index contributed by atoms with van der Waals surface area (Å²) in [7, 11) is 0. The van der Waals surface area contributed by atoms with Gasteiger partial charge in [0, 0.05) is 15.0 Å². The first-order valence-corrected chi connectivity index (χ1v) is 6.90. The number of thiophene rings is 1. The molecule has 3 heteroatoms. The molecule has 0 radical (unpaired) electrons. The van der Waals surface area contributed by atoms with Gasteiger partial charge in [0.2, 0.25) is 0 Å². The Morgan fingerprint density at radius 2 is 2.12 bits per heavy atom. The fraction of sp³-hybridized carbons (Fsp3) is 0.231. The summed E-state index contributed by atoms with van der Waals surface area (Å²) < 4.78 is 1.19. The van der Waals surface area contributed by atoms with Crippen LogP contribution >= 0.6 is 27.3 Å². The summed E-state index contributed by atoms with van der Waals surface area (Å²) in [5.74, 6) is 0. The monoisotopic (exact) mass is 295 g/mol. The van der Waals surface area contributed by atoms with E-state index in [1.54, 1.807) is 11.3 Å². The summed E-state index contributed by atoms with van der Waals surface area (Å²) in [6.45, 7) is 4.29. The second-order valence-electron chi connectivity index (χ2n) is 3.87. The number of hydrogen-bond donors (Lipinski definition) is 1. The zero-order chi connectivity index (χ0) is 11.5. The van der Waals surface area contributed by atoms with Gasteiger partial charge in [-0.25, -0.2) is 0 Å². The van der Waals surface area contributed by atoms with Crippen LogP contribution in [0, 0.1) is 6.92 Å². The van der Waals surface area contributed by atoms with Gasteiger partial charge < -0.3 is 5.32 Å². The third-order valence-electron chi connectivity index (χ3n) is 2.44. The quantitative estimate of drug-likeness (QED) is 0.841. The molecular weight excluding hydrogens is 282 g/mol. The molecule has 0 aliphatic carbocycles. The third kappa shape index (κ3) is 2.66. The highest BCUT2D eigenvalue weighted by molar-refractivity contribution is 9.10. The van der Waals surface area contributed by atoms with E-state index < -0.39 is 0 Å². The molecule has 0 amide bonds. The molecule has 1 N–H and O–H groups in total. The Bertz CT molecular complexity index is 478. The van der Waals surface area contributed by atoms with E-state index in [1.807, 2.05) is 0 Å². The predicted octanol–water partition coefficient (Wildman–Crippen LogP) is 4.99. The second kappa shape index (κ2) is 5.02. The molecule has 1 unspecified atom stereocenters. The van der Waals surface area contributed by atoms with Crippen LogP contribution in [-0.4, -0.2) is 0 Å². The van der Waals surface area contributed by atoms with Crippen LogP contribution < -0.4 is 5.32 Å². The maximum Gasteiger partial charge on any atom is 0.0589 e. The highest BCUT2D eigenvalue weighted by atomic mass is 79.9. The van der Waals surface area contributed by atoms with Gasteiger partial charge in [-0.15, -0.1) is 11.3 Å². The highest BCUT2D eigenvalue weighted by Gasteiger charge is 2.10. The molecule has 16 heavy (non-hydrogen) atoms. The van der Waals surface area contributed by atoms with Gasteiger partial charge in [-0.05, 0) is 58.9 Å². The van der Waals surface area contributed by atoms with Crippen molar-refractivity contribution < 1.29 is 0 Å². The lowest BCUT2D eigenvalue weighted by Gasteiger charge is -2.14. The molecule has 1 atom stereocenters. The van der Waals surface area contributed by atoms with Gasteiger partial charge in [0.05, 0.1) is 6.04 Å². The van der Waals surface area contributed by atoms with E-state index in [1.165, 1.54) is 20.6 Å². The summed E-state index contributed by atoms with van der Waals surface area (Å²) in [6, 6.07) is 10.9. The number of nitrogens with one attached hydrogen (secondary N) is 1. The Hall–Kier alpha value is -0.800. The molecule has 84 valence electrons. The molecule has 0 saturated heterocycles. The topological polar surface area (TPSA) is 12.0 Å². The number of hydrogen-bond acceptors (Lipinski definition) is 2. The fourth-order valence-corrected chi connectivity index (χ4v) is 3.39. The average Bonchev–Trinajstić information content (AvgIpc) is 2.64. The Morgan fingerprint density at radius 1 is 1.31 bits per heavy atom. The summed E-state index contributed by atoms with van der Waals surface area (Å²) in [6.07, 6.45) is 0. The molecule has 1 nitrogen and oxygen atoms in total. The first-order chi connectivity index (χ1) is 7.66. The van der Waals surface area contributed by atoms with Crippen LogP contribution in [0.15, 0.2) is 40.2 Å². The van der Waals surface area contributed by atoms with Crippen molar-refractivity contribution in [2.24, 2.45) is 0 Å². The summed E-state index contributed by atoms with van der Waals surface area (Å²) in [4.78, 5) is 1.33. The van der Waals surface area contributed by atoms with E-state index in [9.17, 15) is 0 Å². The van der Waals surface area contributed by atoms with Crippen LogP contribution in [0.25, 0.3) is 0 Å². The summed E-state index contributed by atoms with van der Waals surface area (Å²) >= 11 is 5.34. The van der Waals surface area contributed by atoms with E-state index in [0.717, 1.165) is 0 Å². The lowest BCUT2D eigenvalue weighted by Crippen LogP contribution is -2.05. The van der Waals surface area contributed by atoms with Gasteiger partial charge in [0.25, 0.3) is 0 Å². The van der Waals surface area contributed by atoms with Crippen LogP contribution in [0.2, 0.25) is 0 Å². The number of rotatable bonds is 3. The number of anilines is 1. The first kappa shape index (κ1) is 11.7. The van der Waals surface area contributed by atoms with E-state index in [-0.39, 0.29) is 0 Å². The van der Waals surface area contributed by atoms with Gasteiger partial charge in [-0.2, -0.15) is 0 Å². The van der Waals surface area contributed by atoms with Gasteiger partial charge in [-0.3, -0.25) is 0 Å². The minimum atomic E-state index is 0.330. The Labute approximate surface area is 109 Å². The minimum absolute atomic E-state index is 0.330. The molecule has 1 aromatic carbocycles. The zero-order valence-corrected chi connectivity index (χ0v) is 11.7. The fourth-order valence-electron chi connectivity index (χ4n) is 1.66. The SMILES string of the molecule is Cc1cccc(NC(C)c2sccc2Br)c1. The molecule has 1 aromatic heterocycles. The Balaban J connectivity index is 2.14. The molecule has 2 aromatic rings. The second-order valence-corrected chi connectivity index (χ2v) is 5.67. The average molecular weight is 296 g/mol. The molecule has 0 bridgehead atoms. The zero-order valence-electron chi connectivity index (χ0n) is 9.33. The molecule has 1 heterocycles. The number of halogens is 1. The van der Waals surface area contributed by atoms with Gasteiger partial charge in [0.15, 0.2) is 0 Å². The van der Waals surface area contributed by atoms with Crippen molar-refractivity contribution in [3.8, 4) is 0 Å². The number of benzene rings is 1. The summed E-state index contributed by atoms with van der Waals surface area (Å²) in [5.41, 5.74) is 2.45. The minimum Gasteiger partial charge on any atom is -0.378 e. The lowest BCUT2D eigenvalue weighted by atomic mass is 10.2. The van der Waals surface area contributed by atoms with Crippen LogP contribution in [-0.2, 0) is 0 Å². The lowest BCUT2D eigenvalue weighted by molar-refractivity contribution is 0.903. The van der Waals surface area contributed by atoms with Crippen molar-refractivity contribution in [1.82, 2.24) is 0 Å². The van der Waals surface area contributed by atoms with Crippen molar-refractivity contribution in [2.75, 3.05) is 5.32 Å². The van der Waals surface area contributed by atoms with Crippen LogP contribution in [0.1, 0.15) is 23.4 Å². The molecule has 2 rings (SSSR count). The van der Waals surface area contributed by atoms with Gasteiger partial charge >= 0.3 is 0 Å². The van der Waals surface area contributed by atoms with Crippen molar-refractivity contribution in [3.05, 3.63) is 50.6 Å². The Morgan fingerprint density at radius 3 is 2.75 bits per heavy atom. The molecule has 0 aliphatic rings. The van der Waals surface area contributed by atoms with E-state index in [4.69, 9.17) is 0 Å². The molecular formula is C13H14BrNS. The van der Waals surface area contributed by atoms with Crippen LogP contribution in [0.5, 0.6) is 0 Å². The van der Waals surface area contributed by atoms with E-state index in [0.29, 0.717) is 6.04 Å². The van der Waals surface area contributed by atoms with Crippen LogP contribution in [0.4, 0.5) is 5.69 Å². The van der Waals surface area contributed by atoms with E-state index in [2.05, 4.69) is 70.8 Å². The van der Waals surface area contributed by atoms with Gasteiger partial charge in [-0.1, -0.05) is 12.1 Å². The smallest absolute Gasteiger partial charge is 0.0589 e. The predicted molar refractivity (Wildman–Crippen MR) is 75.2 cm³/mol. The molecule has 0 saturated carbocycles. The van der Waals surface area contributed by atoms with E-state index >= 15 is 0 Å². The van der Waals surface area contributed by atoms with Gasteiger partial charge in [0.1, 0.15) is 0 Å².